The average molecular weight is 789 g/mol. The fourth-order valence-electron chi connectivity index (χ4n) is 9.48. The monoisotopic (exact) mass is 788 g/mol. The van der Waals surface area contributed by atoms with Crippen LogP contribution < -0.4 is 0 Å². The fourth-order valence-corrected chi connectivity index (χ4v) is 9.48. The van der Waals surface area contributed by atoms with Crippen molar-refractivity contribution >= 4 is 43.6 Å². The minimum Gasteiger partial charge on any atom is -0.309 e. The molecule has 290 valence electrons. The lowest BCUT2D eigenvalue weighted by molar-refractivity contribution is 1.18. The van der Waals surface area contributed by atoms with Gasteiger partial charge in [0.1, 0.15) is 0 Å². The Labute approximate surface area is 360 Å². The van der Waals surface area contributed by atoms with Gasteiger partial charge in [-0.15, -0.1) is 0 Å². The number of nitrogens with zero attached hydrogens (tertiary/aromatic N) is 2. The first-order chi connectivity index (χ1) is 30.7. The van der Waals surface area contributed by atoms with Crippen LogP contribution in [0.15, 0.2) is 243 Å². The van der Waals surface area contributed by atoms with Gasteiger partial charge in [0.2, 0.25) is 0 Å². The van der Waals surface area contributed by atoms with Gasteiger partial charge in [-0.25, -0.2) is 0 Å². The molecule has 2 heterocycles. The van der Waals surface area contributed by atoms with Crippen LogP contribution in [0.25, 0.3) is 111 Å². The molecule has 12 aromatic rings. The van der Waals surface area contributed by atoms with Crippen LogP contribution in [0, 0.1) is 0 Å². The van der Waals surface area contributed by atoms with E-state index in [4.69, 9.17) is 0 Å². The molecule has 12 rings (SSSR count). The van der Waals surface area contributed by atoms with Crippen molar-refractivity contribution in [1.82, 2.24) is 9.13 Å². The molecular weight excluding hydrogens is 749 g/mol. The van der Waals surface area contributed by atoms with Crippen molar-refractivity contribution in [3.05, 3.63) is 243 Å². The van der Waals surface area contributed by atoms with Gasteiger partial charge in [-0.3, -0.25) is 0 Å². The van der Waals surface area contributed by atoms with E-state index in [9.17, 15) is 0 Å². The molecule has 2 nitrogen and oxygen atoms in total. The number of benzene rings is 10. The number of fused-ring (bicyclic) bond motifs is 6. The first-order valence-electron chi connectivity index (χ1n) is 21.3. The highest BCUT2D eigenvalue weighted by Gasteiger charge is 2.17. The molecule has 0 saturated heterocycles. The van der Waals surface area contributed by atoms with Gasteiger partial charge in [-0.1, -0.05) is 176 Å². The Kier molecular flexibility index (Phi) is 8.53. The smallest absolute Gasteiger partial charge is 0.0541 e. The van der Waals surface area contributed by atoms with Crippen molar-refractivity contribution in [3.63, 3.8) is 0 Å². The topological polar surface area (TPSA) is 9.86 Å². The average Bonchev–Trinajstić information content (AvgIpc) is 3.87. The maximum atomic E-state index is 2.42. The SMILES string of the molecule is c1ccc(-c2ccc(-c3ccc(-n4c5ccccc5c5cc(-c6ccc7c(c6)c6ccccc6n7-c6cccc(-c7cccc(-c8ccccc8)c7)c6)ccc54)cc3)cc2)cc1. The van der Waals surface area contributed by atoms with Gasteiger partial charge in [-0.2, -0.15) is 0 Å². The molecule has 0 spiro atoms. The van der Waals surface area contributed by atoms with Crippen LogP contribution in [-0.2, 0) is 0 Å². The summed E-state index contributed by atoms with van der Waals surface area (Å²) in [6.45, 7) is 0. The van der Waals surface area contributed by atoms with Crippen LogP contribution >= 0.6 is 0 Å². The number of aromatic nitrogens is 2. The Morgan fingerprint density at radius 1 is 0.177 bits per heavy atom. The van der Waals surface area contributed by atoms with E-state index in [1.165, 1.54) is 99.2 Å². The van der Waals surface area contributed by atoms with E-state index in [2.05, 4.69) is 252 Å². The van der Waals surface area contributed by atoms with E-state index >= 15 is 0 Å². The lowest BCUT2D eigenvalue weighted by atomic mass is 9.99. The third-order valence-electron chi connectivity index (χ3n) is 12.5. The number of hydrogen-bond donors (Lipinski definition) is 0. The Balaban J connectivity index is 0.908. The van der Waals surface area contributed by atoms with Gasteiger partial charge in [0.15, 0.2) is 0 Å². The summed E-state index contributed by atoms with van der Waals surface area (Å²) in [6.07, 6.45) is 0. The predicted octanol–water partition coefficient (Wildman–Crippen LogP) is 16.2. The molecule has 0 aliphatic carbocycles. The Morgan fingerprint density at radius 3 is 1.06 bits per heavy atom. The van der Waals surface area contributed by atoms with E-state index in [1.54, 1.807) is 0 Å². The van der Waals surface area contributed by atoms with Crippen molar-refractivity contribution in [2.45, 2.75) is 0 Å². The Bertz CT molecular complexity index is 3590. The summed E-state index contributed by atoms with van der Waals surface area (Å²) in [5.41, 5.74) is 19.2. The molecule has 2 heteroatoms. The van der Waals surface area contributed by atoms with Gasteiger partial charge in [0, 0.05) is 32.9 Å². The Hall–Kier alpha value is -8.20. The predicted molar refractivity (Wildman–Crippen MR) is 262 cm³/mol. The molecule has 0 unspecified atom stereocenters. The quantitative estimate of drug-likeness (QED) is 0.152. The molecule has 2 aromatic heterocycles. The standard InChI is InChI=1S/C60H40N2/c1-3-13-41(14-4-1)43-25-27-44(28-26-43)45-29-33-51(34-30-45)61-57-23-9-7-21-53(57)55-39-49(31-35-59(55)61)50-32-36-60-56(40-50)54-22-8-10-24-58(54)62(60)52-20-12-19-48(38-52)47-18-11-17-46(37-47)42-15-5-2-6-16-42/h1-40H. The van der Waals surface area contributed by atoms with Crippen LogP contribution in [0.5, 0.6) is 0 Å². The minimum absolute atomic E-state index is 1.15. The van der Waals surface area contributed by atoms with E-state index < -0.39 is 0 Å². The van der Waals surface area contributed by atoms with Crippen molar-refractivity contribution in [2.24, 2.45) is 0 Å². The van der Waals surface area contributed by atoms with Gasteiger partial charge < -0.3 is 9.13 Å². The van der Waals surface area contributed by atoms with Crippen molar-refractivity contribution in [2.75, 3.05) is 0 Å². The maximum Gasteiger partial charge on any atom is 0.0541 e. The lowest BCUT2D eigenvalue weighted by Gasteiger charge is -2.12. The highest BCUT2D eigenvalue weighted by atomic mass is 15.0. The van der Waals surface area contributed by atoms with Crippen LogP contribution in [0.2, 0.25) is 0 Å². The van der Waals surface area contributed by atoms with E-state index in [0.29, 0.717) is 0 Å². The zero-order valence-corrected chi connectivity index (χ0v) is 34.0. The molecule has 0 radical (unpaired) electrons. The van der Waals surface area contributed by atoms with Gasteiger partial charge in [0.05, 0.1) is 22.1 Å². The van der Waals surface area contributed by atoms with Crippen LogP contribution in [0.4, 0.5) is 0 Å². The first-order valence-corrected chi connectivity index (χ1v) is 21.3. The maximum absolute atomic E-state index is 2.42. The zero-order chi connectivity index (χ0) is 41.0. The Morgan fingerprint density at radius 2 is 0.516 bits per heavy atom. The zero-order valence-electron chi connectivity index (χ0n) is 34.0. The second-order valence-corrected chi connectivity index (χ2v) is 16.2. The van der Waals surface area contributed by atoms with Crippen LogP contribution in [0.1, 0.15) is 0 Å². The van der Waals surface area contributed by atoms with Crippen molar-refractivity contribution < 1.29 is 0 Å². The molecular formula is C60H40N2. The molecule has 62 heavy (non-hydrogen) atoms. The minimum atomic E-state index is 1.15. The van der Waals surface area contributed by atoms with Crippen molar-refractivity contribution in [1.29, 1.82) is 0 Å². The summed E-state index contributed by atoms with van der Waals surface area (Å²) in [6, 6.07) is 88.3. The normalized spacial score (nSPS) is 11.5. The molecule has 0 saturated carbocycles. The lowest BCUT2D eigenvalue weighted by Crippen LogP contribution is -1.94. The molecule has 0 N–H and O–H groups in total. The van der Waals surface area contributed by atoms with Crippen molar-refractivity contribution in [3.8, 4) is 67.0 Å². The highest BCUT2D eigenvalue weighted by Crippen LogP contribution is 2.39. The summed E-state index contributed by atoms with van der Waals surface area (Å²) in [7, 11) is 0. The first kappa shape index (κ1) is 35.7. The molecule has 0 bridgehead atoms. The third kappa shape index (κ3) is 6.12. The molecule has 0 fully saturated rings. The number of para-hydroxylation sites is 2. The molecule has 0 atom stereocenters. The van der Waals surface area contributed by atoms with Gasteiger partial charge >= 0.3 is 0 Å². The molecule has 0 aliphatic rings. The fraction of sp³-hybridized carbons (Fsp3) is 0. The number of hydrogen-bond acceptors (Lipinski definition) is 0. The van der Waals surface area contributed by atoms with Crippen LogP contribution in [0.3, 0.4) is 0 Å². The second-order valence-electron chi connectivity index (χ2n) is 16.2. The van der Waals surface area contributed by atoms with Gasteiger partial charge in [0.25, 0.3) is 0 Å². The molecule has 0 aliphatic heterocycles. The molecule has 0 amide bonds. The largest absolute Gasteiger partial charge is 0.309 e. The van der Waals surface area contributed by atoms with E-state index in [0.717, 1.165) is 11.4 Å². The summed E-state index contributed by atoms with van der Waals surface area (Å²) in [4.78, 5) is 0. The summed E-state index contributed by atoms with van der Waals surface area (Å²) >= 11 is 0. The van der Waals surface area contributed by atoms with E-state index in [-0.39, 0.29) is 0 Å². The third-order valence-corrected chi connectivity index (χ3v) is 12.5. The van der Waals surface area contributed by atoms with Crippen LogP contribution in [-0.4, -0.2) is 9.13 Å². The van der Waals surface area contributed by atoms with E-state index in [1.807, 2.05) is 0 Å². The molecule has 10 aromatic carbocycles. The van der Waals surface area contributed by atoms with Gasteiger partial charge in [-0.05, 0) is 122 Å². The number of rotatable bonds is 7. The highest BCUT2D eigenvalue weighted by molar-refractivity contribution is 6.12. The second kappa shape index (κ2) is 14.8. The summed E-state index contributed by atoms with van der Waals surface area (Å²) < 4.78 is 4.82. The summed E-state index contributed by atoms with van der Waals surface area (Å²) in [5.74, 6) is 0. The summed E-state index contributed by atoms with van der Waals surface area (Å²) in [5, 5.41) is 4.98.